The van der Waals surface area contributed by atoms with Gasteiger partial charge in [0.15, 0.2) is 30.7 Å². The summed E-state index contributed by atoms with van der Waals surface area (Å²) in [7, 11) is -10.8. The van der Waals surface area contributed by atoms with Crippen LogP contribution in [0.3, 0.4) is 0 Å². The van der Waals surface area contributed by atoms with Gasteiger partial charge >= 0.3 is 32.7 Å². The van der Waals surface area contributed by atoms with Crippen molar-refractivity contribution in [2.24, 2.45) is 0 Å². The summed E-state index contributed by atoms with van der Waals surface area (Å²) in [6, 6.07) is -3.95. The highest BCUT2D eigenvalue weighted by Crippen LogP contribution is 2.36. The molecule has 3 fully saturated rings. The number of aliphatic hydroxyl groups excluding tert-OH is 8. The number of amides is 2. The van der Waals surface area contributed by atoms with Crippen molar-refractivity contribution < 1.29 is 138 Å². The van der Waals surface area contributed by atoms with Gasteiger partial charge in [-0.3, -0.25) is 18.7 Å². The van der Waals surface area contributed by atoms with Gasteiger partial charge in [-0.2, -0.15) is 16.8 Å². The van der Waals surface area contributed by atoms with Gasteiger partial charge in [-0.25, -0.2) is 18.0 Å². The first-order valence-electron chi connectivity index (χ1n) is 17.1. The van der Waals surface area contributed by atoms with Crippen molar-refractivity contribution in [1.82, 2.24) is 10.6 Å². The Morgan fingerprint density at radius 2 is 1.25 bits per heavy atom. The molecule has 3 saturated heterocycles. The van der Waals surface area contributed by atoms with E-state index in [2.05, 4.69) is 19.0 Å². The minimum atomic E-state index is -5.60. The zero-order valence-corrected chi connectivity index (χ0v) is 32.6. The number of aliphatic carboxylic acids is 2. The van der Waals surface area contributed by atoms with Gasteiger partial charge < -0.3 is 94.9 Å². The van der Waals surface area contributed by atoms with Gasteiger partial charge in [0.2, 0.25) is 23.9 Å². The van der Waals surface area contributed by atoms with Gasteiger partial charge in [0.25, 0.3) is 0 Å². The van der Waals surface area contributed by atoms with Crippen molar-refractivity contribution in [2.75, 3.05) is 13.2 Å². The van der Waals surface area contributed by atoms with Crippen molar-refractivity contribution in [3.8, 4) is 0 Å². The van der Waals surface area contributed by atoms with Crippen LogP contribution in [0.25, 0.3) is 0 Å². The lowest BCUT2D eigenvalue weighted by atomic mass is 9.94. The molecule has 2 amide bonds. The fourth-order valence-corrected chi connectivity index (χ4v) is 7.29. The Labute approximate surface area is 341 Å². The van der Waals surface area contributed by atoms with Gasteiger partial charge in [0, 0.05) is 13.8 Å². The summed E-state index contributed by atoms with van der Waals surface area (Å²) in [6.45, 7) is -0.753. The summed E-state index contributed by atoms with van der Waals surface area (Å²) in [6.07, 6.45) is -37.0. The summed E-state index contributed by atoms with van der Waals surface area (Å²) in [5.74, 6) is -8.84. The molecule has 0 radical (unpaired) electrons. The van der Waals surface area contributed by atoms with E-state index < -0.39 is 180 Å². The van der Waals surface area contributed by atoms with Crippen LogP contribution in [-0.4, -0.2) is 224 Å². The van der Waals surface area contributed by atoms with E-state index in [4.69, 9.17) is 37.7 Å². The highest BCUT2D eigenvalue weighted by Gasteiger charge is 2.58. The van der Waals surface area contributed by atoms with Crippen LogP contribution < -0.4 is 10.6 Å². The molecule has 18 atom stereocenters. The number of aliphatic hydroxyl groups is 8. The van der Waals surface area contributed by atoms with E-state index in [1.165, 1.54) is 0 Å². The predicted octanol–water partition coefficient (Wildman–Crippen LogP) is -8.58. The minimum absolute atomic E-state index is 0.823. The normalized spacial score (nSPS) is 39.8. The second kappa shape index (κ2) is 19.9. The summed E-state index contributed by atoms with van der Waals surface area (Å²) >= 11 is 0. The zero-order valence-electron chi connectivity index (χ0n) is 30.9. The Morgan fingerprint density at radius 3 is 1.77 bits per heavy atom. The molecule has 33 heteroatoms. The van der Waals surface area contributed by atoms with E-state index in [1.807, 2.05) is 0 Å². The zero-order chi connectivity index (χ0) is 46.0. The third-order valence-electron chi connectivity index (χ3n) is 9.08. The van der Waals surface area contributed by atoms with E-state index in [-0.39, 0.29) is 0 Å². The fourth-order valence-electron chi connectivity index (χ4n) is 6.47. The molecule has 4 heterocycles. The molecule has 0 saturated carbocycles. The number of rotatable bonds is 16. The number of carbonyl (C=O) groups excluding carboxylic acids is 2. The van der Waals surface area contributed by atoms with Gasteiger partial charge in [0.05, 0.1) is 13.2 Å². The molecule has 0 aromatic rings. The molecule has 0 aliphatic carbocycles. The number of carboxylic acid groups (broad SMARTS) is 2. The number of hydrogen-bond acceptors (Lipinski definition) is 25. The Bertz CT molecular complexity index is 1870. The molecular formula is C28H42N2O29S2. The summed E-state index contributed by atoms with van der Waals surface area (Å²) in [5.41, 5.74) is 0. The van der Waals surface area contributed by atoms with Gasteiger partial charge in [-0.15, -0.1) is 0 Å². The highest BCUT2D eigenvalue weighted by atomic mass is 32.3. The number of carboxylic acids is 2. The maximum Gasteiger partial charge on any atom is 0.397 e. The quantitative estimate of drug-likeness (QED) is 0.0639. The standard InChI is InChI=1S/C28H42N2O29S2/c1-5(32)29-9-18(11(34)8(52-25(9)44)4-51-60(45,46)47)54-28-16(39)14(37)20(22(58-28)24(42)43)56-26-10(30-6(2)33)19(17(7(3-31)53-26)59-61(48,49)50)55-27-15(38)12(35)13(36)21(57-27)23(40)41/h7-12,14-20,22,25-28,31,34-39,44H,3-4H2,1-2H3,(H,29,32)(H,30,33)(H,40,41)(H,42,43)(H,45,46,47)(H,48,49,50)/t7-,8-,9-,10-,11+,12+,14-,15-,16-,17+,18-,19-,20+,22+,25?,26+,27-,28-/m1/s1. The molecule has 0 aromatic heterocycles. The molecule has 1 unspecified atom stereocenters. The van der Waals surface area contributed by atoms with Crippen LogP contribution in [0.5, 0.6) is 0 Å². The summed E-state index contributed by atoms with van der Waals surface area (Å²) in [4.78, 5) is 48.7. The average Bonchev–Trinajstić information content (AvgIpc) is 3.13. The van der Waals surface area contributed by atoms with Crippen molar-refractivity contribution in [3.05, 3.63) is 11.5 Å². The Balaban J connectivity index is 1.70. The van der Waals surface area contributed by atoms with Gasteiger partial charge in [0.1, 0.15) is 79.2 Å². The van der Waals surface area contributed by atoms with Gasteiger partial charge in [-0.05, 0) is 0 Å². The Morgan fingerprint density at radius 1 is 0.672 bits per heavy atom. The molecule has 31 nitrogen and oxygen atoms in total. The van der Waals surface area contributed by atoms with E-state index in [1.54, 1.807) is 0 Å². The predicted molar refractivity (Wildman–Crippen MR) is 179 cm³/mol. The van der Waals surface area contributed by atoms with E-state index in [0.717, 1.165) is 13.8 Å². The third-order valence-corrected chi connectivity index (χ3v) is 9.98. The molecule has 0 spiro atoms. The largest absolute Gasteiger partial charge is 0.506 e. The van der Waals surface area contributed by atoms with Crippen molar-refractivity contribution in [2.45, 2.75) is 124 Å². The van der Waals surface area contributed by atoms with Crippen molar-refractivity contribution in [3.63, 3.8) is 0 Å². The molecule has 4 aliphatic heterocycles. The Kier molecular flexibility index (Phi) is 16.3. The van der Waals surface area contributed by atoms with Crippen LogP contribution in [0.2, 0.25) is 0 Å². The van der Waals surface area contributed by atoms with E-state index >= 15 is 0 Å². The average molecular weight is 935 g/mol. The third kappa shape index (κ3) is 12.1. The topological polar surface area (TPSA) is 486 Å². The van der Waals surface area contributed by atoms with Crippen LogP contribution in [0.4, 0.5) is 0 Å². The lowest BCUT2D eigenvalue weighted by Gasteiger charge is -2.49. The van der Waals surface area contributed by atoms with Crippen LogP contribution in [0, 0.1) is 0 Å². The molecule has 4 rings (SSSR count). The molecule has 0 aromatic carbocycles. The maximum absolute atomic E-state index is 12.6. The summed E-state index contributed by atoms with van der Waals surface area (Å²) in [5, 5.41) is 109. The molecule has 61 heavy (non-hydrogen) atoms. The molecule has 0 bridgehead atoms. The second-order valence-corrected chi connectivity index (χ2v) is 15.6. The molecular weight excluding hydrogens is 892 g/mol. The first-order chi connectivity index (χ1) is 28.1. The first-order valence-corrected chi connectivity index (χ1v) is 19.9. The first kappa shape index (κ1) is 50.1. The lowest BCUT2D eigenvalue weighted by molar-refractivity contribution is -0.363. The highest BCUT2D eigenvalue weighted by molar-refractivity contribution is 7.81. The lowest BCUT2D eigenvalue weighted by Crippen LogP contribution is -2.70. The minimum Gasteiger partial charge on any atom is -0.506 e. The summed E-state index contributed by atoms with van der Waals surface area (Å²) < 4.78 is 111. The van der Waals surface area contributed by atoms with Crippen LogP contribution in [0.1, 0.15) is 13.8 Å². The number of carbonyl (C=O) groups is 4. The molecule has 14 N–H and O–H groups in total. The van der Waals surface area contributed by atoms with Crippen LogP contribution in [0.15, 0.2) is 11.5 Å². The number of hydrogen-bond donors (Lipinski definition) is 14. The van der Waals surface area contributed by atoms with E-state index in [0.29, 0.717) is 0 Å². The molecule has 4 aliphatic rings. The monoisotopic (exact) mass is 934 g/mol. The van der Waals surface area contributed by atoms with Gasteiger partial charge in [-0.1, -0.05) is 0 Å². The van der Waals surface area contributed by atoms with Crippen LogP contribution >= 0.6 is 0 Å². The molecule has 350 valence electrons. The van der Waals surface area contributed by atoms with Crippen molar-refractivity contribution in [1.29, 1.82) is 0 Å². The number of nitrogens with one attached hydrogen (secondary N) is 2. The Hall–Kier alpha value is -3.56. The maximum atomic E-state index is 12.6. The number of ether oxygens (including phenoxy) is 7. The van der Waals surface area contributed by atoms with E-state index in [9.17, 15) is 91.6 Å². The second-order valence-electron chi connectivity index (χ2n) is 13.4. The fraction of sp³-hybridized carbons (Fsp3) is 0.786. The van der Waals surface area contributed by atoms with Crippen molar-refractivity contribution >= 4 is 44.6 Å². The van der Waals surface area contributed by atoms with Crippen LogP contribution in [-0.2, 0) is 81.5 Å². The smallest absolute Gasteiger partial charge is 0.397 e. The SMILES string of the molecule is CC(=O)N[C@H]1[C@H](O[C@H]2[C@H](O)[C@@H](O)[C@H](O[C@H]3[C@@H](O)[C@@H](COS(=O)(=O)O)OC(O)[C@@H]3NC(C)=O)O[C@@H]2C(=O)O)O[C@H](CO)[C@H](OS(=O)(=O)O)[C@@H]1O[C@@H]1OC(C(=O)O)=C(O)[C@H](O)[C@H]1O.